The van der Waals surface area contributed by atoms with Gasteiger partial charge in [0.2, 0.25) is 0 Å². The molecule has 1 amide bonds. The van der Waals surface area contributed by atoms with Crippen molar-refractivity contribution in [2.24, 2.45) is 5.73 Å². The van der Waals surface area contributed by atoms with Gasteiger partial charge in [0.05, 0.1) is 0 Å². The summed E-state index contributed by atoms with van der Waals surface area (Å²) in [6, 6.07) is 0.281. The number of carbonyl (C=O) groups is 1. The van der Waals surface area contributed by atoms with Crippen LogP contribution < -0.4 is 5.73 Å². The van der Waals surface area contributed by atoms with Crippen molar-refractivity contribution in [3.63, 3.8) is 0 Å². The highest BCUT2D eigenvalue weighted by Gasteiger charge is 2.32. The predicted octanol–water partition coefficient (Wildman–Crippen LogP) is 2.07. The molecule has 0 aromatic carbocycles. The molecule has 4 nitrogen and oxygen atoms in total. The van der Waals surface area contributed by atoms with E-state index in [1.165, 1.54) is 0 Å². The van der Waals surface area contributed by atoms with Crippen molar-refractivity contribution in [1.82, 2.24) is 4.90 Å². The number of amides is 1. The summed E-state index contributed by atoms with van der Waals surface area (Å²) in [6.45, 7) is 5.62. The smallest absolute Gasteiger partial charge is 0.410 e. The van der Waals surface area contributed by atoms with Gasteiger partial charge < -0.3 is 15.4 Å². The molecular weight excluding hydrogens is 216 g/mol. The largest absolute Gasteiger partial charge is 0.445 e. The lowest BCUT2D eigenvalue weighted by Crippen LogP contribution is -2.52. The van der Waals surface area contributed by atoms with Gasteiger partial charge in [-0.15, -0.1) is 0 Å². The maximum Gasteiger partial charge on any atom is 0.410 e. The van der Waals surface area contributed by atoms with Gasteiger partial charge in [-0.25, -0.2) is 4.79 Å². The van der Waals surface area contributed by atoms with E-state index in [2.05, 4.69) is 0 Å². The Balaban J connectivity index is 2.34. The summed E-state index contributed by atoms with van der Waals surface area (Å²) in [6.07, 6.45) is 7.50. The van der Waals surface area contributed by atoms with Crippen LogP contribution in [0.4, 0.5) is 4.79 Å². The van der Waals surface area contributed by atoms with E-state index >= 15 is 0 Å². The second-order valence-electron chi connectivity index (χ2n) is 4.13. The minimum absolute atomic E-state index is 0.224. The van der Waals surface area contributed by atoms with Crippen molar-refractivity contribution < 1.29 is 9.53 Å². The van der Waals surface area contributed by atoms with Gasteiger partial charge in [-0.3, -0.25) is 0 Å². The average Bonchev–Trinajstić information content (AvgIpc) is 2.30. The lowest BCUT2D eigenvalue weighted by atomic mass is 10.0. The molecule has 0 aromatic heterocycles. The third-order valence-electron chi connectivity index (χ3n) is 2.99. The fourth-order valence-corrected chi connectivity index (χ4v) is 1.84. The van der Waals surface area contributed by atoms with E-state index in [4.69, 9.17) is 10.5 Å². The summed E-state index contributed by atoms with van der Waals surface area (Å²) in [5.41, 5.74) is 6.50. The molecule has 0 aromatic rings. The number of ether oxygens (including phenoxy) is 1. The molecule has 1 rings (SSSR count). The molecule has 17 heavy (non-hydrogen) atoms. The van der Waals surface area contributed by atoms with Crippen LogP contribution in [-0.4, -0.2) is 36.7 Å². The number of rotatable bonds is 5. The minimum atomic E-state index is -0.224. The Bertz CT molecular complexity index is 311. The second kappa shape index (κ2) is 7.12. The number of nitrogens with zero attached hydrogens (tertiary/aromatic N) is 1. The molecule has 0 radical (unpaired) electrons. The van der Waals surface area contributed by atoms with Crippen molar-refractivity contribution in [2.75, 3.05) is 19.7 Å². The molecule has 0 saturated carbocycles. The van der Waals surface area contributed by atoms with Crippen LogP contribution in [0, 0.1) is 0 Å². The molecule has 1 aliphatic heterocycles. The first-order valence-corrected chi connectivity index (χ1v) is 6.14. The molecule has 1 unspecified atom stereocenters. The Kier molecular flexibility index (Phi) is 5.77. The molecule has 1 atom stereocenters. The summed E-state index contributed by atoms with van der Waals surface area (Å²) in [5.74, 6) is 0. The molecule has 1 heterocycles. The number of carbonyl (C=O) groups excluding carboxylic acids is 1. The molecule has 0 aliphatic carbocycles. The number of allylic oxidation sites excluding steroid dienone is 2. The van der Waals surface area contributed by atoms with Gasteiger partial charge >= 0.3 is 6.09 Å². The van der Waals surface area contributed by atoms with Crippen molar-refractivity contribution in [3.8, 4) is 0 Å². The standard InChI is InChI=1S/C13H22N2O2/c1-3-5-11(4-2)10-17-13(16)15-9-7-12(15)6-8-14/h3-5,12H,6-10,14H2,1-2H3/b5-3-,11-4+. The highest BCUT2D eigenvalue weighted by molar-refractivity contribution is 5.69. The maximum atomic E-state index is 11.7. The Morgan fingerprint density at radius 2 is 2.29 bits per heavy atom. The van der Waals surface area contributed by atoms with E-state index in [0.29, 0.717) is 13.2 Å². The SMILES string of the molecule is C/C=C\C(=C/C)COC(=O)N1CCC1CCN. The first-order chi connectivity index (χ1) is 8.22. The van der Waals surface area contributed by atoms with Crippen LogP contribution in [-0.2, 0) is 4.74 Å². The topological polar surface area (TPSA) is 55.6 Å². The van der Waals surface area contributed by atoms with E-state index in [1.807, 2.05) is 32.1 Å². The van der Waals surface area contributed by atoms with Crippen molar-refractivity contribution in [3.05, 3.63) is 23.8 Å². The lowest BCUT2D eigenvalue weighted by molar-refractivity contribution is 0.0511. The third-order valence-corrected chi connectivity index (χ3v) is 2.99. The van der Waals surface area contributed by atoms with Gasteiger partial charge in [0, 0.05) is 12.6 Å². The summed E-state index contributed by atoms with van der Waals surface area (Å²) < 4.78 is 5.25. The Labute approximate surface area is 103 Å². The zero-order valence-corrected chi connectivity index (χ0v) is 10.7. The second-order valence-corrected chi connectivity index (χ2v) is 4.13. The molecule has 1 saturated heterocycles. The van der Waals surface area contributed by atoms with Crippen LogP contribution in [0.1, 0.15) is 26.7 Å². The normalized spacial score (nSPS) is 20.5. The van der Waals surface area contributed by atoms with E-state index in [-0.39, 0.29) is 12.1 Å². The fourth-order valence-electron chi connectivity index (χ4n) is 1.84. The van der Waals surface area contributed by atoms with Crippen LogP contribution in [0.3, 0.4) is 0 Å². The Morgan fingerprint density at radius 3 is 2.76 bits per heavy atom. The first kappa shape index (κ1) is 13.8. The zero-order valence-electron chi connectivity index (χ0n) is 10.7. The van der Waals surface area contributed by atoms with Gasteiger partial charge in [0.25, 0.3) is 0 Å². The molecular formula is C13H22N2O2. The summed E-state index contributed by atoms with van der Waals surface area (Å²) in [4.78, 5) is 13.5. The fraction of sp³-hybridized carbons (Fsp3) is 0.615. The molecule has 2 N–H and O–H groups in total. The summed E-state index contributed by atoms with van der Waals surface area (Å²) >= 11 is 0. The van der Waals surface area contributed by atoms with Crippen molar-refractivity contribution in [1.29, 1.82) is 0 Å². The number of likely N-dealkylation sites (tertiary alicyclic amines) is 1. The number of nitrogens with two attached hydrogens (primary N) is 1. The number of hydrogen-bond acceptors (Lipinski definition) is 3. The molecule has 1 aliphatic rings. The Hall–Kier alpha value is -1.29. The average molecular weight is 238 g/mol. The first-order valence-electron chi connectivity index (χ1n) is 6.14. The summed E-state index contributed by atoms with van der Waals surface area (Å²) in [5, 5.41) is 0. The Morgan fingerprint density at radius 1 is 1.53 bits per heavy atom. The lowest BCUT2D eigenvalue weighted by Gasteiger charge is -2.39. The van der Waals surface area contributed by atoms with Gasteiger partial charge in [0.1, 0.15) is 6.61 Å². The van der Waals surface area contributed by atoms with Gasteiger partial charge in [-0.05, 0) is 38.8 Å². The van der Waals surface area contributed by atoms with E-state index in [0.717, 1.165) is 25.0 Å². The molecule has 96 valence electrons. The monoisotopic (exact) mass is 238 g/mol. The van der Waals surface area contributed by atoms with Crippen LogP contribution in [0.15, 0.2) is 23.8 Å². The molecule has 0 bridgehead atoms. The highest BCUT2D eigenvalue weighted by atomic mass is 16.6. The molecule has 4 heteroatoms. The van der Waals surface area contributed by atoms with Crippen LogP contribution in [0.25, 0.3) is 0 Å². The number of hydrogen-bond donors (Lipinski definition) is 1. The maximum absolute atomic E-state index is 11.7. The third kappa shape index (κ3) is 3.89. The van der Waals surface area contributed by atoms with E-state index in [9.17, 15) is 4.79 Å². The zero-order chi connectivity index (χ0) is 12.7. The van der Waals surface area contributed by atoms with Crippen molar-refractivity contribution >= 4 is 6.09 Å². The molecule has 1 fully saturated rings. The van der Waals surface area contributed by atoms with Crippen LogP contribution in [0.2, 0.25) is 0 Å². The van der Waals surface area contributed by atoms with E-state index < -0.39 is 0 Å². The van der Waals surface area contributed by atoms with Gasteiger partial charge in [-0.1, -0.05) is 18.2 Å². The van der Waals surface area contributed by atoms with Crippen molar-refractivity contribution in [2.45, 2.75) is 32.7 Å². The minimum Gasteiger partial charge on any atom is -0.445 e. The highest BCUT2D eigenvalue weighted by Crippen LogP contribution is 2.21. The van der Waals surface area contributed by atoms with Crippen LogP contribution >= 0.6 is 0 Å². The van der Waals surface area contributed by atoms with Gasteiger partial charge in [-0.2, -0.15) is 0 Å². The van der Waals surface area contributed by atoms with Crippen LogP contribution in [0.5, 0.6) is 0 Å². The van der Waals surface area contributed by atoms with Gasteiger partial charge in [0.15, 0.2) is 0 Å². The predicted molar refractivity (Wildman–Crippen MR) is 68.7 cm³/mol. The van der Waals surface area contributed by atoms with E-state index in [1.54, 1.807) is 4.90 Å². The molecule has 0 spiro atoms. The quantitative estimate of drug-likeness (QED) is 0.746. The summed E-state index contributed by atoms with van der Waals surface area (Å²) in [7, 11) is 0.